The van der Waals surface area contributed by atoms with Gasteiger partial charge < -0.3 is 9.47 Å². The van der Waals surface area contributed by atoms with Gasteiger partial charge in [0.1, 0.15) is 11.5 Å². The summed E-state index contributed by atoms with van der Waals surface area (Å²) in [6, 6.07) is 13.3. The highest BCUT2D eigenvalue weighted by Crippen LogP contribution is 2.31. The smallest absolute Gasteiger partial charge is 0.172 e. The lowest BCUT2D eigenvalue weighted by atomic mass is 9.85. The van der Waals surface area contributed by atoms with Gasteiger partial charge in [0.2, 0.25) is 0 Å². The maximum absolute atomic E-state index is 12.9. The number of aliphatic imine (C=N–C) groups is 1. The molecule has 0 fully saturated rings. The number of ether oxygens (including phenoxy) is 2. The van der Waals surface area contributed by atoms with E-state index in [1.807, 2.05) is 24.3 Å². The second-order valence-corrected chi connectivity index (χ2v) is 6.87. The van der Waals surface area contributed by atoms with E-state index in [9.17, 15) is 4.79 Å². The van der Waals surface area contributed by atoms with Crippen LogP contribution in [0, 0.1) is 0 Å². The Morgan fingerprint density at radius 1 is 1.12 bits per heavy atom. The monoisotopic (exact) mass is 337 g/mol. The quantitative estimate of drug-likeness (QED) is 0.772. The number of rotatable bonds is 5. The number of para-hydroxylation sites is 1. The Hall–Kier alpha value is -2.62. The van der Waals surface area contributed by atoms with Gasteiger partial charge >= 0.3 is 0 Å². The zero-order valence-electron chi connectivity index (χ0n) is 15.1. The molecule has 0 amide bonds. The van der Waals surface area contributed by atoms with E-state index < -0.39 is 0 Å². The van der Waals surface area contributed by atoms with Crippen LogP contribution in [-0.2, 0) is 6.42 Å². The molecule has 0 spiro atoms. The molecule has 0 radical (unpaired) electrons. The third-order valence-corrected chi connectivity index (χ3v) is 4.42. The van der Waals surface area contributed by atoms with Crippen LogP contribution < -0.4 is 9.47 Å². The second kappa shape index (κ2) is 6.71. The third kappa shape index (κ3) is 3.58. The van der Waals surface area contributed by atoms with Crippen molar-refractivity contribution >= 4 is 11.5 Å². The molecule has 1 aliphatic heterocycles. The van der Waals surface area contributed by atoms with Crippen molar-refractivity contribution in [3.8, 4) is 11.5 Å². The molecular formula is C21H23NO3. The molecule has 0 aromatic heterocycles. The topological polar surface area (TPSA) is 47.9 Å². The van der Waals surface area contributed by atoms with Crippen molar-refractivity contribution in [2.45, 2.75) is 32.2 Å². The molecule has 4 nitrogen and oxygen atoms in total. The summed E-state index contributed by atoms with van der Waals surface area (Å²) in [4.78, 5) is 17.7. The first-order chi connectivity index (χ1) is 11.9. The Kier molecular flexibility index (Phi) is 4.62. The van der Waals surface area contributed by atoms with Gasteiger partial charge in [-0.25, -0.2) is 0 Å². The Bertz CT molecular complexity index is 837. The molecule has 0 saturated heterocycles. The van der Waals surface area contributed by atoms with Gasteiger partial charge in [0.25, 0.3) is 0 Å². The lowest BCUT2D eigenvalue weighted by Crippen LogP contribution is -2.30. The predicted molar refractivity (Wildman–Crippen MR) is 99.3 cm³/mol. The van der Waals surface area contributed by atoms with Crippen molar-refractivity contribution in [3.05, 3.63) is 59.2 Å². The summed E-state index contributed by atoms with van der Waals surface area (Å²) in [5, 5.41) is 0. The molecule has 0 atom stereocenters. The van der Waals surface area contributed by atoms with E-state index >= 15 is 0 Å². The Morgan fingerprint density at radius 3 is 2.60 bits per heavy atom. The number of Topliss-reactive ketones (excluding diaryl/α,β-unsaturated/α-hetero) is 1. The van der Waals surface area contributed by atoms with Crippen molar-refractivity contribution < 1.29 is 14.3 Å². The second-order valence-electron chi connectivity index (χ2n) is 6.87. The lowest BCUT2D eigenvalue weighted by molar-refractivity contribution is 0.0997. The molecule has 2 aromatic rings. The summed E-state index contributed by atoms with van der Waals surface area (Å²) in [6.07, 6.45) is 1.09. The van der Waals surface area contributed by atoms with Crippen molar-refractivity contribution in [1.82, 2.24) is 0 Å². The molecule has 0 saturated carbocycles. The fourth-order valence-corrected chi connectivity index (χ4v) is 3.29. The van der Waals surface area contributed by atoms with Crippen LogP contribution in [0.1, 0.15) is 41.8 Å². The van der Waals surface area contributed by atoms with Crippen LogP contribution in [0.4, 0.5) is 0 Å². The first-order valence-electron chi connectivity index (χ1n) is 8.36. The van der Waals surface area contributed by atoms with Crippen molar-refractivity contribution in [1.29, 1.82) is 0 Å². The number of ketones is 1. The summed E-state index contributed by atoms with van der Waals surface area (Å²) >= 11 is 0. The summed E-state index contributed by atoms with van der Waals surface area (Å²) in [5.74, 6) is 1.37. The van der Waals surface area contributed by atoms with Gasteiger partial charge in [0.15, 0.2) is 5.78 Å². The standard InChI is InChI=1S/C21H23NO3/c1-21(2)13-14-9-10-15(24-3)11-17(14)18(22-21)12-19(23)16-7-5-6-8-20(16)25-4/h5-11H,12-13H2,1-4H3. The van der Waals surface area contributed by atoms with Gasteiger partial charge in [0, 0.05) is 5.56 Å². The predicted octanol–water partition coefficient (Wildman–Crippen LogP) is 4.10. The molecule has 2 aromatic carbocycles. The van der Waals surface area contributed by atoms with Crippen molar-refractivity contribution in [2.24, 2.45) is 4.99 Å². The molecule has 0 bridgehead atoms. The maximum atomic E-state index is 12.9. The zero-order chi connectivity index (χ0) is 18.0. The molecule has 0 unspecified atom stereocenters. The number of hydrogen-bond acceptors (Lipinski definition) is 4. The summed E-state index contributed by atoms with van der Waals surface area (Å²) in [7, 11) is 3.22. The van der Waals surface area contributed by atoms with Crippen LogP contribution in [0.25, 0.3) is 0 Å². The fourth-order valence-electron chi connectivity index (χ4n) is 3.29. The summed E-state index contributed by atoms with van der Waals surface area (Å²) in [5.41, 5.74) is 3.37. The highest BCUT2D eigenvalue weighted by Gasteiger charge is 2.28. The number of carbonyl (C=O) groups excluding carboxylic acids is 1. The van der Waals surface area contributed by atoms with E-state index in [1.54, 1.807) is 26.4 Å². The minimum atomic E-state index is -0.224. The minimum absolute atomic E-state index is 0.00247. The normalized spacial score (nSPS) is 15.1. The molecule has 25 heavy (non-hydrogen) atoms. The van der Waals surface area contributed by atoms with E-state index in [4.69, 9.17) is 14.5 Å². The van der Waals surface area contributed by atoms with Crippen LogP contribution in [0.15, 0.2) is 47.5 Å². The van der Waals surface area contributed by atoms with Crippen LogP contribution >= 0.6 is 0 Å². The van der Waals surface area contributed by atoms with Gasteiger partial charge in [-0.1, -0.05) is 18.2 Å². The Labute approximate surface area is 148 Å². The third-order valence-electron chi connectivity index (χ3n) is 4.42. The van der Waals surface area contributed by atoms with E-state index in [1.165, 1.54) is 5.56 Å². The molecule has 4 heteroatoms. The number of benzene rings is 2. The Morgan fingerprint density at radius 2 is 1.88 bits per heavy atom. The highest BCUT2D eigenvalue weighted by molar-refractivity contribution is 6.17. The minimum Gasteiger partial charge on any atom is -0.497 e. The SMILES string of the molecule is COc1ccc2c(c1)C(CC(=O)c1ccccc1OC)=NC(C)(C)C2. The van der Waals surface area contributed by atoms with Gasteiger partial charge in [0.05, 0.1) is 37.5 Å². The van der Waals surface area contributed by atoms with E-state index in [0.29, 0.717) is 11.3 Å². The average molecular weight is 337 g/mol. The molecule has 0 N–H and O–H groups in total. The van der Waals surface area contributed by atoms with E-state index in [2.05, 4.69) is 19.9 Å². The first kappa shape index (κ1) is 17.2. The largest absolute Gasteiger partial charge is 0.497 e. The van der Waals surface area contributed by atoms with Gasteiger partial charge in [-0.05, 0) is 50.1 Å². The lowest BCUT2D eigenvalue weighted by Gasteiger charge is -2.29. The number of nitrogens with zero attached hydrogens (tertiary/aromatic N) is 1. The number of hydrogen-bond donors (Lipinski definition) is 0. The first-order valence-corrected chi connectivity index (χ1v) is 8.36. The fraction of sp³-hybridized carbons (Fsp3) is 0.333. The molecule has 1 aliphatic rings. The molecule has 0 aliphatic carbocycles. The Balaban J connectivity index is 1.98. The van der Waals surface area contributed by atoms with Gasteiger partial charge in [-0.2, -0.15) is 0 Å². The van der Waals surface area contributed by atoms with Crippen LogP contribution in [0.3, 0.4) is 0 Å². The van der Waals surface area contributed by atoms with E-state index in [0.717, 1.165) is 23.4 Å². The average Bonchev–Trinajstić information content (AvgIpc) is 2.60. The number of methoxy groups -OCH3 is 2. The summed E-state index contributed by atoms with van der Waals surface area (Å²) < 4.78 is 10.7. The number of fused-ring (bicyclic) bond motifs is 1. The van der Waals surface area contributed by atoms with E-state index in [-0.39, 0.29) is 17.7 Å². The van der Waals surface area contributed by atoms with Crippen molar-refractivity contribution in [3.63, 3.8) is 0 Å². The number of carbonyl (C=O) groups is 1. The molecule has 130 valence electrons. The highest BCUT2D eigenvalue weighted by atomic mass is 16.5. The van der Waals surface area contributed by atoms with Crippen LogP contribution in [0.2, 0.25) is 0 Å². The van der Waals surface area contributed by atoms with Crippen LogP contribution in [0.5, 0.6) is 11.5 Å². The van der Waals surface area contributed by atoms with Crippen molar-refractivity contribution in [2.75, 3.05) is 14.2 Å². The molecule has 1 heterocycles. The molecule has 3 rings (SSSR count). The summed E-state index contributed by atoms with van der Waals surface area (Å²) in [6.45, 7) is 4.18. The maximum Gasteiger partial charge on any atom is 0.172 e. The molecular weight excluding hydrogens is 314 g/mol. The zero-order valence-corrected chi connectivity index (χ0v) is 15.1. The van der Waals surface area contributed by atoms with Gasteiger partial charge in [-0.3, -0.25) is 9.79 Å². The van der Waals surface area contributed by atoms with Crippen LogP contribution in [-0.4, -0.2) is 31.3 Å². The van der Waals surface area contributed by atoms with Gasteiger partial charge in [-0.15, -0.1) is 0 Å².